The highest BCUT2D eigenvalue weighted by Crippen LogP contribution is 2.62. The van der Waals surface area contributed by atoms with E-state index in [2.05, 4.69) is 5.32 Å². The molecule has 5 rings (SSSR count). The summed E-state index contributed by atoms with van der Waals surface area (Å²) in [5, 5.41) is 13.8. The normalized spacial score (nSPS) is 34.5. The Morgan fingerprint density at radius 1 is 1.19 bits per heavy atom. The molecule has 0 saturated heterocycles. The first-order valence-corrected chi connectivity index (χ1v) is 9.65. The van der Waals surface area contributed by atoms with Crippen LogP contribution in [0.15, 0.2) is 24.3 Å². The minimum atomic E-state index is -0.591. The molecule has 4 fully saturated rings. The van der Waals surface area contributed by atoms with Crippen LogP contribution in [0, 0.1) is 17.3 Å². The van der Waals surface area contributed by atoms with Gasteiger partial charge in [0.15, 0.2) is 6.61 Å². The van der Waals surface area contributed by atoms with Gasteiger partial charge in [-0.1, -0.05) is 23.7 Å². The van der Waals surface area contributed by atoms with Crippen LogP contribution in [-0.2, 0) is 14.3 Å². The lowest BCUT2D eigenvalue weighted by Crippen LogP contribution is -2.56. The molecule has 0 radical (unpaired) electrons. The first-order chi connectivity index (χ1) is 12.3. The van der Waals surface area contributed by atoms with Gasteiger partial charge in [-0.05, 0) is 67.9 Å². The van der Waals surface area contributed by atoms with Gasteiger partial charge in [-0.25, -0.2) is 0 Å². The maximum absolute atomic E-state index is 12.3. The van der Waals surface area contributed by atoms with Crippen LogP contribution in [0.1, 0.15) is 44.9 Å². The summed E-state index contributed by atoms with van der Waals surface area (Å²) < 4.78 is 5.21. The van der Waals surface area contributed by atoms with Gasteiger partial charge in [0.25, 0.3) is 5.91 Å². The summed E-state index contributed by atoms with van der Waals surface area (Å²) >= 11 is 6.00. The number of anilines is 1. The van der Waals surface area contributed by atoms with Gasteiger partial charge in [-0.2, -0.15) is 0 Å². The maximum atomic E-state index is 12.3. The van der Waals surface area contributed by atoms with Crippen LogP contribution in [0.5, 0.6) is 0 Å². The number of ether oxygens (including phenoxy) is 1. The molecule has 1 aromatic rings. The molecule has 140 valence electrons. The van der Waals surface area contributed by atoms with Crippen molar-refractivity contribution in [3.63, 3.8) is 0 Å². The summed E-state index contributed by atoms with van der Waals surface area (Å²) in [7, 11) is 0. The van der Waals surface area contributed by atoms with Gasteiger partial charge in [-0.15, -0.1) is 0 Å². The Hall–Kier alpha value is -1.59. The lowest BCUT2D eigenvalue weighted by Gasteiger charge is -2.60. The Labute approximate surface area is 158 Å². The Bertz CT molecular complexity index is 720. The minimum Gasteiger partial charge on any atom is -0.456 e. The predicted octanol–water partition coefficient (Wildman–Crippen LogP) is 3.54. The van der Waals surface area contributed by atoms with E-state index in [9.17, 15) is 14.7 Å². The van der Waals surface area contributed by atoms with Crippen LogP contribution >= 0.6 is 11.6 Å². The van der Waals surface area contributed by atoms with Crippen LogP contribution < -0.4 is 5.32 Å². The maximum Gasteiger partial charge on any atom is 0.306 e. The molecule has 2 N–H and O–H groups in total. The Morgan fingerprint density at radius 3 is 2.54 bits per heavy atom. The largest absolute Gasteiger partial charge is 0.456 e. The Balaban J connectivity index is 1.31. The topological polar surface area (TPSA) is 75.6 Å². The van der Waals surface area contributed by atoms with E-state index >= 15 is 0 Å². The van der Waals surface area contributed by atoms with Crippen LogP contribution in [0.4, 0.5) is 5.69 Å². The van der Waals surface area contributed by atoms with Gasteiger partial charge in [0.2, 0.25) is 0 Å². The average molecular weight is 378 g/mol. The summed E-state index contributed by atoms with van der Waals surface area (Å²) in [4.78, 5) is 24.3. The number of hydrogen-bond donors (Lipinski definition) is 2. The third-order valence-corrected chi connectivity index (χ3v) is 6.51. The van der Waals surface area contributed by atoms with Crippen LogP contribution in [0.2, 0.25) is 5.02 Å². The number of halogens is 1. The Kier molecular flexibility index (Phi) is 4.48. The van der Waals surface area contributed by atoms with Gasteiger partial charge < -0.3 is 15.2 Å². The van der Waals surface area contributed by atoms with E-state index in [0.29, 0.717) is 35.4 Å². The van der Waals surface area contributed by atoms with Gasteiger partial charge in [0, 0.05) is 0 Å². The number of esters is 1. The first-order valence-electron chi connectivity index (χ1n) is 9.27. The standard InChI is InChI=1S/C20H24ClNO4/c21-15-3-1-2-4-16(15)22-17(23)11-26-18(24)10-19-6-13-5-14(7-19)9-20(25,8-13)12-19/h1-4,13-14,25H,5-12H2,(H,22,23)/t13-,14+,19?,20?. The van der Waals surface area contributed by atoms with Crippen molar-refractivity contribution >= 4 is 29.2 Å². The predicted molar refractivity (Wildman–Crippen MR) is 97.7 cm³/mol. The molecule has 0 spiro atoms. The van der Waals surface area contributed by atoms with Crippen molar-refractivity contribution in [2.45, 2.75) is 50.5 Å². The molecule has 4 atom stereocenters. The third kappa shape index (κ3) is 3.60. The zero-order valence-corrected chi connectivity index (χ0v) is 15.4. The Morgan fingerprint density at radius 2 is 1.88 bits per heavy atom. The fourth-order valence-corrected chi connectivity index (χ4v) is 6.04. The zero-order valence-electron chi connectivity index (χ0n) is 14.7. The van der Waals surface area contributed by atoms with E-state index in [-0.39, 0.29) is 18.0 Å². The average Bonchev–Trinajstić information content (AvgIpc) is 2.52. The van der Waals surface area contributed by atoms with Crippen molar-refractivity contribution in [1.82, 2.24) is 0 Å². The van der Waals surface area contributed by atoms with Gasteiger partial charge in [0.1, 0.15) is 0 Å². The van der Waals surface area contributed by atoms with Crippen molar-refractivity contribution < 1.29 is 19.4 Å². The second-order valence-electron chi connectivity index (χ2n) is 8.55. The van der Waals surface area contributed by atoms with E-state index in [1.807, 2.05) is 0 Å². The van der Waals surface area contributed by atoms with Gasteiger partial charge in [0.05, 0.1) is 22.7 Å². The van der Waals surface area contributed by atoms with Crippen LogP contribution in [0.3, 0.4) is 0 Å². The number of amides is 1. The summed E-state index contributed by atoms with van der Waals surface area (Å²) in [6.45, 7) is -0.322. The molecule has 1 amide bonds. The second kappa shape index (κ2) is 6.54. The number of rotatable bonds is 5. The van der Waals surface area contributed by atoms with E-state index in [0.717, 1.165) is 25.7 Å². The fraction of sp³-hybridized carbons (Fsp3) is 0.600. The van der Waals surface area contributed by atoms with E-state index in [1.54, 1.807) is 24.3 Å². The zero-order chi connectivity index (χ0) is 18.4. The molecule has 6 heteroatoms. The van der Waals surface area contributed by atoms with E-state index in [1.165, 1.54) is 6.42 Å². The highest BCUT2D eigenvalue weighted by Gasteiger charge is 2.57. The number of carbonyl (C=O) groups is 2. The van der Waals surface area contributed by atoms with Crippen LogP contribution in [0.25, 0.3) is 0 Å². The summed E-state index contributed by atoms with van der Waals surface area (Å²) in [5.41, 5.74) is -0.237. The number of carbonyl (C=O) groups excluding carboxylic acids is 2. The molecule has 0 heterocycles. The van der Waals surface area contributed by atoms with E-state index < -0.39 is 11.5 Å². The number of hydrogen-bond acceptors (Lipinski definition) is 4. The van der Waals surface area contributed by atoms with Crippen LogP contribution in [-0.4, -0.2) is 29.2 Å². The van der Waals surface area contributed by atoms with Crippen molar-refractivity contribution in [2.24, 2.45) is 17.3 Å². The highest BCUT2D eigenvalue weighted by atomic mass is 35.5. The quantitative estimate of drug-likeness (QED) is 0.769. The lowest BCUT2D eigenvalue weighted by atomic mass is 9.47. The summed E-state index contributed by atoms with van der Waals surface area (Å²) in [6.07, 6.45) is 5.90. The molecule has 4 bridgehead atoms. The third-order valence-electron chi connectivity index (χ3n) is 6.18. The van der Waals surface area contributed by atoms with Crippen molar-refractivity contribution in [2.75, 3.05) is 11.9 Å². The fourth-order valence-electron chi connectivity index (χ4n) is 5.86. The molecular formula is C20H24ClNO4. The molecule has 2 unspecified atom stereocenters. The molecule has 1 aromatic carbocycles. The molecule has 26 heavy (non-hydrogen) atoms. The summed E-state index contributed by atoms with van der Waals surface area (Å²) in [6, 6.07) is 6.92. The van der Waals surface area contributed by atoms with Crippen molar-refractivity contribution in [3.8, 4) is 0 Å². The monoisotopic (exact) mass is 377 g/mol. The minimum absolute atomic E-state index is 0.144. The first kappa shape index (κ1) is 17.8. The molecular weight excluding hydrogens is 354 g/mol. The molecule has 5 nitrogen and oxygen atoms in total. The highest BCUT2D eigenvalue weighted by molar-refractivity contribution is 6.33. The lowest BCUT2D eigenvalue weighted by molar-refractivity contribution is -0.177. The number of aliphatic hydroxyl groups is 1. The molecule has 0 aromatic heterocycles. The van der Waals surface area contributed by atoms with Gasteiger partial charge in [-0.3, -0.25) is 9.59 Å². The molecule has 4 aliphatic rings. The molecule has 4 aliphatic carbocycles. The number of nitrogens with one attached hydrogen (secondary N) is 1. The van der Waals surface area contributed by atoms with Crippen molar-refractivity contribution in [3.05, 3.63) is 29.3 Å². The molecule has 0 aliphatic heterocycles. The number of benzene rings is 1. The van der Waals surface area contributed by atoms with E-state index in [4.69, 9.17) is 16.3 Å². The second-order valence-corrected chi connectivity index (χ2v) is 8.96. The summed E-state index contributed by atoms with van der Waals surface area (Å²) in [5.74, 6) is 0.288. The van der Waals surface area contributed by atoms with Gasteiger partial charge >= 0.3 is 5.97 Å². The molecule has 4 saturated carbocycles. The van der Waals surface area contributed by atoms with Crippen molar-refractivity contribution in [1.29, 1.82) is 0 Å². The smallest absolute Gasteiger partial charge is 0.306 e. The SMILES string of the molecule is O=C(COC(=O)CC12C[C@@H]3C[C@@H](CC(O)(C3)C1)C2)Nc1ccccc1Cl. The number of para-hydroxylation sites is 1.